The van der Waals surface area contributed by atoms with Gasteiger partial charge in [-0.25, -0.2) is 4.79 Å². The lowest BCUT2D eigenvalue weighted by Crippen LogP contribution is -2.37. The summed E-state index contributed by atoms with van der Waals surface area (Å²) in [7, 11) is 1.55. The number of likely N-dealkylation sites (N-methyl/N-ethyl adjacent to an activating group) is 1. The van der Waals surface area contributed by atoms with Crippen LogP contribution >= 0.6 is 11.6 Å². The van der Waals surface area contributed by atoms with Crippen LogP contribution < -0.4 is 10.6 Å². The smallest absolute Gasteiger partial charge is 0.322 e. The Labute approximate surface area is 133 Å². The first-order valence-electron chi connectivity index (χ1n) is 6.68. The lowest BCUT2D eigenvalue weighted by Gasteiger charge is -2.17. The van der Waals surface area contributed by atoms with Gasteiger partial charge in [0.2, 0.25) is 5.91 Å². The van der Waals surface area contributed by atoms with Crippen LogP contribution in [0.4, 0.5) is 16.2 Å². The summed E-state index contributed by atoms with van der Waals surface area (Å²) in [6.07, 6.45) is 0. The maximum atomic E-state index is 12.0. The van der Waals surface area contributed by atoms with Gasteiger partial charge in [0.25, 0.3) is 0 Å². The zero-order valence-corrected chi connectivity index (χ0v) is 12.8. The maximum Gasteiger partial charge on any atom is 0.322 e. The molecule has 0 aromatic heterocycles. The molecule has 2 rings (SSSR count). The highest BCUT2D eigenvalue weighted by atomic mass is 35.5. The van der Waals surface area contributed by atoms with Crippen LogP contribution in [0.2, 0.25) is 5.02 Å². The summed E-state index contributed by atoms with van der Waals surface area (Å²) in [6, 6.07) is 15.6. The molecule has 0 saturated carbocycles. The minimum absolute atomic E-state index is 0.0795. The molecule has 2 aromatic carbocycles. The first-order valence-corrected chi connectivity index (χ1v) is 7.05. The Balaban J connectivity index is 1.88. The molecule has 0 unspecified atom stereocenters. The third-order valence-electron chi connectivity index (χ3n) is 2.90. The van der Waals surface area contributed by atoms with Crippen molar-refractivity contribution in [1.29, 1.82) is 0 Å². The van der Waals surface area contributed by atoms with Gasteiger partial charge < -0.3 is 15.5 Å². The van der Waals surface area contributed by atoms with Crippen LogP contribution in [0.25, 0.3) is 0 Å². The average molecular weight is 318 g/mol. The second kappa shape index (κ2) is 7.47. The molecule has 0 aliphatic carbocycles. The zero-order chi connectivity index (χ0) is 15.9. The minimum atomic E-state index is -0.361. The number of hydrogen-bond acceptors (Lipinski definition) is 2. The molecule has 5 nitrogen and oxygen atoms in total. The number of anilines is 2. The molecule has 0 bridgehead atoms. The number of nitrogens with zero attached hydrogens (tertiary/aromatic N) is 1. The molecular formula is C16H16ClN3O2. The molecule has 2 N–H and O–H groups in total. The molecule has 0 aliphatic heterocycles. The number of carbonyl (C=O) groups is 2. The lowest BCUT2D eigenvalue weighted by molar-refractivity contribution is -0.116. The molecule has 114 valence electrons. The Kier molecular flexibility index (Phi) is 5.38. The summed E-state index contributed by atoms with van der Waals surface area (Å²) in [5.41, 5.74) is 1.19. The summed E-state index contributed by atoms with van der Waals surface area (Å²) >= 11 is 5.97. The Morgan fingerprint density at radius 2 is 1.64 bits per heavy atom. The lowest BCUT2D eigenvalue weighted by atomic mass is 10.3. The van der Waals surface area contributed by atoms with Crippen LogP contribution in [0.1, 0.15) is 0 Å². The van der Waals surface area contributed by atoms with Crippen molar-refractivity contribution < 1.29 is 9.59 Å². The van der Waals surface area contributed by atoms with Crippen LogP contribution in [-0.4, -0.2) is 30.4 Å². The number of para-hydroxylation sites is 2. The summed E-state index contributed by atoms with van der Waals surface area (Å²) in [4.78, 5) is 25.2. The van der Waals surface area contributed by atoms with Gasteiger partial charge >= 0.3 is 6.03 Å². The first-order chi connectivity index (χ1) is 10.6. The maximum absolute atomic E-state index is 12.0. The topological polar surface area (TPSA) is 61.4 Å². The van der Waals surface area contributed by atoms with Crippen molar-refractivity contribution in [2.24, 2.45) is 0 Å². The fourth-order valence-corrected chi connectivity index (χ4v) is 1.96. The van der Waals surface area contributed by atoms with Crippen LogP contribution in [0.3, 0.4) is 0 Å². The van der Waals surface area contributed by atoms with Gasteiger partial charge in [0.05, 0.1) is 10.7 Å². The van der Waals surface area contributed by atoms with Gasteiger partial charge in [0.1, 0.15) is 6.54 Å². The standard InChI is InChI=1S/C16H16ClN3O2/c1-20(16(22)18-12-7-3-2-4-8-12)11-15(21)19-14-10-6-5-9-13(14)17/h2-10H,11H2,1H3,(H,18,22)(H,19,21). The van der Waals surface area contributed by atoms with Gasteiger partial charge in [-0.3, -0.25) is 4.79 Å². The van der Waals surface area contributed by atoms with Crippen molar-refractivity contribution in [3.63, 3.8) is 0 Å². The van der Waals surface area contributed by atoms with Crippen LogP contribution in [0.5, 0.6) is 0 Å². The normalized spacial score (nSPS) is 9.91. The number of carbonyl (C=O) groups excluding carboxylic acids is 2. The van der Waals surface area contributed by atoms with Crippen LogP contribution in [0.15, 0.2) is 54.6 Å². The molecule has 0 spiro atoms. The number of urea groups is 1. The van der Waals surface area contributed by atoms with Crippen molar-refractivity contribution >= 4 is 34.9 Å². The Morgan fingerprint density at radius 3 is 2.32 bits per heavy atom. The quantitative estimate of drug-likeness (QED) is 0.907. The van der Waals surface area contributed by atoms with E-state index in [2.05, 4.69) is 10.6 Å². The molecule has 3 amide bonds. The van der Waals surface area contributed by atoms with Gasteiger partial charge in [-0.2, -0.15) is 0 Å². The number of benzene rings is 2. The fraction of sp³-hybridized carbons (Fsp3) is 0.125. The summed E-state index contributed by atoms with van der Waals surface area (Å²) in [5, 5.41) is 5.82. The third-order valence-corrected chi connectivity index (χ3v) is 3.23. The van der Waals surface area contributed by atoms with Gasteiger partial charge in [-0.05, 0) is 24.3 Å². The van der Waals surface area contributed by atoms with E-state index in [0.29, 0.717) is 16.4 Å². The van der Waals surface area contributed by atoms with Gasteiger partial charge in [-0.15, -0.1) is 0 Å². The monoisotopic (exact) mass is 317 g/mol. The summed E-state index contributed by atoms with van der Waals surface area (Å²) in [6.45, 7) is -0.0795. The van der Waals surface area contributed by atoms with Crippen LogP contribution in [-0.2, 0) is 4.79 Å². The second-order valence-corrected chi connectivity index (χ2v) is 5.09. The van der Waals surface area contributed by atoms with E-state index >= 15 is 0 Å². The van der Waals surface area contributed by atoms with Crippen LogP contribution in [0, 0.1) is 0 Å². The Hall–Kier alpha value is -2.53. The van der Waals surface area contributed by atoms with Crippen molar-refractivity contribution in [2.45, 2.75) is 0 Å². The number of halogens is 1. The molecule has 0 fully saturated rings. The van der Waals surface area contributed by atoms with E-state index in [4.69, 9.17) is 11.6 Å². The summed E-state index contributed by atoms with van der Waals surface area (Å²) in [5.74, 6) is -0.321. The van der Waals surface area contributed by atoms with Crippen molar-refractivity contribution in [3.05, 3.63) is 59.6 Å². The largest absolute Gasteiger partial charge is 0.323 e. The first kappa shape index (κ1) is 15.9. The SMILES string of the molecule is CN(CC(=O)Nc1ccccc1Cl)C(=O)Nc1ccccc1. The number of nitrogens with one attached hydrogen (secondary N) is 2. The highest BCUT2D eigenvalue weighted by Gasteiger charge is 2.13. The summed E-state index contributed by atoms with van der Waals surface area (Å²) < 4.78 is 0. The van der Waals surface area contributed by atoms with Gasteiger partial charge in [-0.1, -0.05) is 41.9 Å². The zero-order valence-electron chi connectivity index (χ0n) is 12.0. The van der Waals surface area contributed by atoms with Crippen molar-refractivity contribution in [3.8, 4) is 0 Å². The molecule has 0 aliphatic rings. The number of rotatable bonds is 4. The average Bonchev–Trinajstić information content (AvgIpc) is 2.50. The highest BCUT2D eigenvalue weighted by molar-refractivity contribution is 6.33. The van der Waals surface area contributed by atoms with Crippen molar-refractivity contribution in [2.75, 3.05) is 24.2 Å². The predicted molar refractivity (Wildman–Crippen MR) is 88.2 cm³/mol. The van der Waals surface area contributed by atoms with Gasteiger partial charge in [0.15, 0.2) is 0 Å². The molecular weight excluding hydrogens is 302 g/mol. The number of amides is 3. The van der Waals surface area contributed by atoms with E-state index < -0.39 is 0 Å². The fourth-order valence-electron chi connectivity index (χ4n) is 1.78. The molecule has 2 aromatic rings. The van der Waals surface area contributed by atoms with Crippen molar-refractivity contribution in [1.82, 2.24) is 4.90 Å². The van der Waals surface area contributed by atoms with E-state index in [-0.39, 0.29) is 18.5 Å². The highest BCUT2D eigenvalue weighted by Crippen LogP contribution is 2.20. The van der Waals surface area contributed by atoms with E-state index in [1.807, 2.05) is 18.2 Å². The van der Waals surface area contributed by atoms with Gasteiger partial charge in [0, 0.05) is 12.7 Å². The second-order valence-electron chi connectivity index (χ2n) is 4.68. The Bertz CT molecular complexity index is 661. The third kappa shape index (κ3) is 4.49. The molecule has 6 heteroatoms. The Morgan fingerprint density at radius 1 is 1.00 bits per heavy atom. The predicted octanol–water partition coefficient (Wildman–Crippen LogP) is 3.44. The molecule has 22 heavy (non-hydrogen) atoms. The van der Waals surface area contributed by atoms with E-state index in [9.17, 15) is 9.59 Å². The van der Waals surface area contributed by atoms with E-state index in [0.717, 1.165) is 0 Å². The minimum Gasteiger partial charge on any atom is -0.323 e. The molecule has 0 heterocycles. The molecule has 0 atom stereocenters. The molecule has 0 radical (unpaired) electrons. The number of hydrogen-bond donors (Lipinski definition) is 2. The van der Waals surface area contributed by atoms with E-state index in [1.54, 1.807) is 43.4 Å². The van der Waals surface area contributed by atoms with E-state index in [1.165, 1.54) is 4.90 Å². The molecule has 0 saturated heterocycles.